The van der Waals surface area contributed by atoms with Gasteiger partial charge in [-0.15, -0.1) is 13.2 Å². The molecule has 0 spiro atoms. The van der Waals surface area contributed by atoms with Gasteiger partial charge in [0, 0.05) is 23.2 Å². The molecular formula is C34H33F6N3O5S. The zero-order valence-corrected chi connectivity index (χ0v) is 27.6. The predicted octanol–water partition coefficient (Wildman–Crippen LogP) is 8.41. The van der Waals surface area contributed by atoms with E-state index in [0.29, 0.717) is 11.3 Å². The van der Waals surface area contributed by atoms with Crippen LogP contribution >= 0.6 is 0 Å². The monoisotopic (exact) mass is 709 g/mol. The summed E-state index contributed by atoms with van der Waals surface area (Å²) in [5.74, 6) is -2.58. The van der Waals surface area contributed by atoms with Crippen molar-refractivity contribution >= 4 is 21.7 Å². The van der Waals surface area contributed by atoms with Crippen molar-refractivity contribution in [3.8, 4) is 5.75 Å². The van der Waals surface area contributed by atoms with Crippen LogP contribution in [0.3, 0.4) is 0 Å². The number of hydrogen-bond acceptors (Lipinski definition) is 6. The predicted molar refractivity (Wildman–Crippen MR) is 168 cm³/mol. The van der Waals surface area contributed by atoms with E-state index in [-0.39, 0.29) is 29.3 Å². The Labute approximate surface area is 279 Å². The van der Waals surface area contributed by atoms with Gasteiger partial charge in [-0.25, -0.2) is 9.97 Å². The van der Waals surface area contributed by atoms with Crippen LogP contribution in [0.5, 0.6) is 5.75 Å². The Morgan fingerprint density at radius 1 is 0.898 bits per heavy atom. The number of aromatic nitrogens is 2. The third-order valence-corrected chi connectivity index (χ3v) is 8.74. The van der Waals surface area contributed by atoms with E-state index in [2.05, 4.69) is 14.7 Å². The van der Waals surface area contributed by atoms with E-state index in [1.807, 2.05) is 26.0 Å². The van der Waals surface area contributed by atoms with E-state index in [4.69, 9.17) is 4.55 Å². The molecule has 1 fully saturated rings. The number of anilines is 1. The molecule has 1 aliphatic rings. The van der Waals surface area contributed by atoms with Crippen molar-refractivity contribution in [2.45, 2.75) is 69.4 Å². The van der Waals surface area contributed by atoms with Gasteiger partial charge in [0.05, 0.1) is 16.6 Å². The fourth-order valence-electron chi connectivity index (χ4n) is 5.52. The van der Waals surface area contributed by atoms with Gasteiger partial charge in [0.2, 0.25) is 11.7 Å². The summed E-state index contributed by atoms with van der Waals surface area (Å²) in [4.78, 5) is 22.2. The summed E-state index contributed by atoms with van der Waals surface area (Å²) in [6, 6.07) is 19.4. The normalized spacial score (nSPS) is 17.0. The first kappa shape index (κ1) is 37.3. The van der Waals surface area contributed by atoms with E-state index >= 15 is 0 Å². The average Bonchev–Trinajstić information content (AvgIpc) is 3.31. The Balaban J connectivity index is 0.000000418. The Morgan fingerprint density at radius 3 is 2.04 bits per heavy atom. The van der Waals surface area contributed by atoms with Crippen molar-refractivity contribution in [1.82, 2.24) is 9.97 Å². The van der Waals surface area contributed by atoms with E-state index in [1.54, 1.807) is 44.2 Å². The summed E-state index contributed by atoms with van der Waals surface area (Å²) < 4.78 is 112. The molecule has 1 aliphatic heterocycles. The lowest BCUT2D eigenvalue weighted by Crippen LogP contribution is -2.32. The van der Waals surface area contributed by atoms with Gasteiger partial charge in [-0.3, -0.25) is 9.35 Å². The highest BCUT2D eigenvalue weighted by molar-refractivity contribution is 7.85. The Hall–Kier alpha value is -4.50. The fraction of sp³-hybridized carbons (Fsp3) is 0.324. The molecule has 4 aromatic rings. The highest BCUT2D eigenvalue weighted by atomic mass is 32.2. The molecule has 0 aliphatic carbocycles. The number of alkyl halides is 6. The summed E-state index contributed by atoms with van der Waals surface area (Å²) in [6.45, 7) is 7.12. The molecule has 15 heteroatoms. The highest BCUT2D eigenvalue weighted by Crippen LogP contribution is 2.45. The Morgan fingerprint density at radius 2 is 1.49 bits per heavy atom. The summed E-state index contributed by atoms with van der Waals surface area (Å²) in [5, 5.41) is 0. The quantitative estimate of drug-likeness (QED) is 0.152. The lowest BCUT2D eigenvalue weighted by Gasteiger charge is -2.27. The van der Waals surface area contributed by atoms with Gasteiger partial charge in [0.25, 0.3) is 10.1 Å². The molecule has 1 saturated heterocycles. The van der Waals surface area contributed by atoms with Gasteiger partial charge in [0.1, 0.15) is 5.75 Å². The standard InChI is InChI=1S/C27H25F6N3O2.C7H8O3S/c1-16-7-9-19(10-8-16)36-21(17-5-4-6-20(13-17)38-27(31,32)33)14-18(23(36)37)15-25(2,3)22-11-12-34-24(35-22)26(28,29)30;1-6-2-4-7(5-3-6)11(8,9)10/h4-13,18,21H,14-15H2,1-3H3;2-5H,1H3,(H,8,9,10)/t18-,21+;/m0./s1. The molecule has 5 rings (SSSR count). The minimum atomic E-state index is -4.87. The van der Waals surface area contributed by atoms with Crippen LogP contribution in [0.25, 0.3) is 0 Å². The summed E-state index contributed by atoms with van der Waals surface area (Å²) in [7, 11) is -4.02. The van der Waals surface area contributed by atoms with Gasteiger partial charge < -0.3 is 9.64 Å². The van der Waals surface area contributed by atoms with Crippen molar-refractivity contribution in [2.75, 3.05) is 4.90 Å². The van der Waals surface area contributed by atoms with E-state index in [0.717, 1.165) is 17.3 Å². The number of aryl methyl sites for hydroxylation is 2. The van der Waals surface area contributed by atoms with Crippen LogP contribution in [0, 0.1) is 19.8 Å². The van der Waals surface area contributed by atoms with Crippen molar-refractivity contribution in [3.63, 3.8) is 0 Å². The van der Waals surface area contributed by atoms with Gasteiger partial charge >= 0.3 is 12.5 Å². The molecule has 1 aromatic heterocycles. The third-order valence-electron chi connectivity index (χ3n) is 7.87. The number of benzene rings is 3. The number of rotatable bonds is 7. The minimum absolute atomic E-state index is 0.0666. The number of ether oxygens (including phenoxy) is 1. The van der Waals surface area contributed by atoms with Crippen LogP contribution in [0.4, 0.5) is 32.0 Å². The van der Waals surface area contributed by atoms with E-state index in [9.17, 15) is 39.6 Å². The number of carbonyl (C=O) groups excluding carboxylic acids is 1. The van der Waals surface area contributed by atoms with Crippen LogP contribution in [0.15, 0.2) is 90.0 Å². The molecular weight excluding hydrogens is 676 g/mol. The van der Waals surface area contributed by atoms with Crippen molar-refractivity contribution in [1.29, 1.82) is 0 Å². The molecule has 2 heterocycles. The van der Waals surface area contributed by atoms with Gasteiger partial charge in [0.15, 0.2) is 0 Å². The van der Waals surface area contributed by atoms with Crippen LogP contribution in [0.2, 0.25) is 0 Å². The molecule has 8 nitrogen and oxygen atoms in total. The number of nitrogens with zero attached hydrogens (tertiary/aromatic N) is 3. The van der Waals surface area contributed by atoms with Crippen LogP contribution in [0.1, 0.15) is 60.9 Å². The fourth-order valence-corrected chi connectivity index (χ4v) is 6.00. The molecule has 262 valence electrons. The third kappa shape index (κ3) is 9.79. The summed E-state index contributed by atoms with van der Waals surface area (Å²) in [5.41, 5.74) is 2.13. The van der Waals surface area contributed by atoms with Crippen molar-refractivity contribution in [3.05, 3.63) is 113 Å². The first-order chi connectivity index (χ1) is 22.6. The summed E-state index contributed by atoms with van der Waals surface area (Å²) >= 11 is 0. The molecule has 2 atom stereocenters. The first-order valence-corrected chi connectivity index (χ1v) is 16.3. The second-order valence-corrected chi connectivity index (χ2v) is 13.7. The van der Waals surface area contributed by atoms with Gasteiger partial charge in [-0.1, -0.05) is 61.4 Å². The molecule has 0 radical (unpaired) electrons. The molecule has 49 heavy (non-hydrogen) atoms. The lowest BCUT2D eigenvalue weighted by atomic mass is 9.78. The average molecular weight is 710 g/mol. The first-order valence-electron chi connectivity index (χ1n) is 14.8. The Kier molecular flexibility index (Phi) is 10.8. The SMILES string of the molecule is Cc1ccc(N2C(=O)[C@H](CC(C)(C)c3ccnc(C(F)(F)F)n3)C[C@@H]2c2cccc(OC(F)(F)F)c2)cc1.Cc1ccc(S(=O)(=O)O)cc1. The second-order valence-electron chi connectivity index (χ2n) is 12.3. The minimum Gasteiger partial charge on any atom is -0.406 e. The molecule has 0 unspecified atom stereocenters. The zero-order valence-electron chi connectivity index (χ0n) is 26.7. The summed E-state index contributed by atoms with van der Waals surface area (Å²) in [6.07, 6.45) is -8.15. The maximum Gasteiger partial charge on any atom is 0.573 e. The molecule has 1 amide bonds. The van der Waals surface area contributed by atoms with Crippen molar-refractivity contribution < 1.29 is 48.8 Å². The maximum absolute atomic E-state index is 13.7. The molecule has 3 aromatic carbocycles. The van der Waals surface area contributed by atoms with Gasteiger partial charge in [-0.2, -0.15) is 21.6 Å². The smallest absolute Gasteiger partial charge is 0.406 e. The topological polar surface area (TPSA) is 110 Å². The zero-order chi connectivity index (χ0) is 36.4. The number of hydrogen-bond donors (Lipinski definition) is 1. The number of amides is 1. The maximum atomic E-state index is 13.7. The van der Waals surface area contributed by atoms with Crippen LogP contribution < -0.4 is 9.64 Å². The number of halogens is 6. The van der Waals surface area contributed by atoms with E-state index < -0.39 is 51.6 Å². The van der Waals surface area contributed by atoms with Crippen LogP contribution in [-0.4, -0.2) is 35.2 Å². The highest BCUT2D eigenvalue weighted by Gasteiger charge is 2.45. The van der Waals surface area contributed by atoms with Crippen molar-refractivity contribution in [2.24, 2.45) is 5.92 Å². The van der Waals surface area contributed by atoms with Crippen LogP contribution in [-0.2, 0) is 26.5 Å². The Bertz CT molecular complexity index is 1880. The molecule has 0 saturated carbocycles. The molecule has 0 bridgehead atoms. The largest absolute Gasteiger partial charge is 0.573 e. The molecule has 1 N–H and O–H groups in total. The van der Waals surface area contributed by atoms with E-state index in [1.165, 1.54) is 41.3 Å². The van der Waals surface area contributed by atoms with Gasteiger partial charge in [-0.05, 0) is 74.7 Å². The number of carbonyl (C=O) groups is 1. The second kappa shape index (κ2) is 14.2. The lowest BCUT2D eigenvalue weighted by molar-refractivity contribution is -0.274.